The molecule has 1 atom stereocenters. The molecule has 0 heterocycles. The third-order valence-electron chi connectivity index (χ3n) is 1.99. The summed E-state index contributed by atoms with van der Waals surface area (Å²) in [5, 5.41) is 2.49. The van der Waals surface area contributed by atoms with E-state index in [1.165, 1.54) is 13.1 Å². The van der Waals surface area contributed by atoms with Crippen LogP contribution in [0.15, 0.2) is 42.6 Å². The van der Waals surface area contributed by atoms with Crippen LogP contribution in [-0.4, -0.2) is 12.2 Å². The van der Waals surface area contributed by atoms with E-state index in [0.717, 1.165) is 5.56 Å². The second kappa shape index (κ2) is 6.48. The van der Waals surface area contributed by atoms with Crippen molar-refractivity contribution in [2.45, 2.75) is 13.2 Å². The van der Waals surface area contributed by atoms with Crippen LogP contribution in [0.5, 0.6) is 0 Å². The molecule has 0 spiro atoms. The van der Waals surface area contributed by atoms with Crippen LogP contribution in [0.2, 0.25) is 0 Å². The minimum atomic E-state index is -1.07. The van der Waals surface area contributed by atoms with Crippen molar-refractivity contribution < 1.29 is 9.18 Å². The normalized spacial score (nSPS) is 13.1. The number of rotatable bonds is 5. The lowest BCUT2D eigenvalue weighted by Crippen LogP contribution is -2.13. The third kappa shape index (κ3) is 4.97. The molecule has 1 unspecified atom stereocenters. The van der Waals surface area contributed by atoms with Crippen molar-refractivity contribution in [2.24, 2.45) is 5.73 Å². The minimum Gasteiger partial charge on any atom is -0.366 e. The first-order valence-electron chi connectivity index (χ1n) is 5.23. The molecule has 17 heavy (non-hydrogen) atoms. The molecule has 90 valence electrons. The Hall–Kier alpha value is -2.10. The van der Waals surface area contributed by atoms with Crippen molar-refractivity contribution in [3.05, 3.63) is 53.7 Å². The highest BCUT2D eigenvalue weighted by Crippen LogP contribution is 2.06. The van der Waals surface area contributed by atoms with Gasteiger partial charge in [0.2, 0.25) is 5.91 Å². The summed E-state index contributed by atoms with van der Waals surface area (Å²) in [5.74, 6) is -0.455. The molecule has 1 rings (SSSR count). The summed E-state index contributed by atoms with van der Waals surface area (Å²) in [6.45, 7) is 1.41. The van der Waals surface area contributed by atoms with Crippen molar-refractivity contribution in [1.29, 1.82) is 0 Å². The van der Waals surface area contributed by atoms with Crippen LogP contribution in [0.25, 0.3) is 6.08 Å². The average Bonchev–Trinajstić information content (AvgIpc) is 2.28. The van der Waals surface area contributed by atoms with Crippen molar-refractivity contribution in [3.63, 3.8) is 0 Å². The van der Waals surface area contributed by atoms with Gasteiger partial charge in [-0.25, -0.2) is 4.39 Å². The molecule has 3 nitrogen and oxygen atoms in total. The first-order valence-corrected chi connectivity index (χ1v) is 5.23. The molecule has 0 aliphatic rings. The Balaban J connectivity index is 2.62. The van der Waals surface area contributed by atoms with Gasteiger partial charge in [-0.05, 0) is 36.9 Å². The van der Waals surface area contributed by atoms with Crippen LogP contribution in [0.3, 0.4) is 0 Å². The summed E-state index contributed by atoms with van der Waals surface area (Å²) in [4.78, 5) is 10.9. The molecular weight excluding hydrogens is 219 g/mol. The predicted octanol–water partition coefficient (Wildman–Crippen LogP) is 2.22. The number of carbonyl (C=O) groups is 1. The SMILES string of the molecule is CC(F)N/C=C\C=C\c1cccc(C(N)=O)c1. The zero-order valence-corrected chi connectivity index (χ0v) is 9.56. The highest BCUT2D eigenvalue weighted by molar-refractivity contribution is 5.93. The number of amides is 1. The van der Waals surface area contributed by atoms with Crippen LogP contribution in [0, 0.1) is 0 Å². The fraction of sp³-hybridized carbons (Fsp3) is 0.154. The Morgan fingerprint density at radius 2 is 2.24 bits per heavy atom. The molecule has 0 fully saturated rings. The number of primary amides is 1. The van der Waals surface area contributed by atoms with Crippen LogP contribution in [0.4, 0.5) is 4.39 Å². The summed E-state index contributed by atoms with van der Waals surface area (Å²) in [7, 11) is 0. The summed E-state index contributed by atoms with van der Waals surface area (Å²) in [6.07, 6.45) is 5.66. The Bertz CT molecular complexity index is 439. The summed E-state index contributed by atoms with van der Waals surface area (Å²) < 4.78 is 12.4. The second-order valence-corrected chi connectivity index (χ2v) is 3.49. The summed E-state index contributed by atoms with van der Waals surface area (Å²) >= 11 is 0. The quantitative estimate of drug-likeness (QED) is 0.606. The first kappa shape index (κ1) is 13.0. The van der Waals surface area contributed by atoms with E-state index in [9.17, 15) is 9.18 Å². The van der Waals surface area contributed by atoms with Gasteiger partial charge in [0.25, 0.3) is 0 Å². The molecule has 1 aromatic carbocycles. The summed E-state index contributed by atoms with van der Waals surface area (Å²) in [5.41, 5.74) is 6.49. The maximum atomic E-state index is 12.4. The van der Waals surface area contributed by atoms with Gasteiger partial charge in [-0.15, -0.1) is 0 Å². The van der Waals surface area contributed by atoms with Crippen LogP contribution < -0.4 is 11.1 Å². The highest BCUT2D eigenvalue weighted by atomic mass is 19.1. The maximum absolute atomic E-state index is 12.4. The van der Waals surface area contributed by atoms with Gasteiger partial charge in [0.05, 0.1) is 0 Å². The number of hydrogen-bond donors (Lipinski definition) is 2. The number of nitrogens with two attached hydrogens (primary N) is 1. The Morgan fingerprint density at radius 3 is 2.88 bits per heavy atom. The predicted molar refractivity (Wildman–Crippen MR) is 66.8 cm³/mol. The van der Waals surface area contributed by atoms with Gasteiger partial charge < -0.3 is 11.1 Å². The lowest BCUT2D eigenvalue weighted by Gasteiger charge is -1.98. The molecule has 0 radical (unpaired) electrons. The molecule has 1 amide bonds. The number of carbonyl (C=O) groups excluding carboxylic acids is 1. The number of benzene rings is 1. The van der Waals surface area contributed by atoms with Gasteiger partial charge in [-0.2, -0.15) is 0 Å². The number of alkyl halides is 1. The van der Waals surface area contributed by atoms with E-state index < -0.39 is 12.2 Å². The smallest absolute Gasteiger partial charge is 0.248 e. The molecule has 0 aliphatic carbocycles. The van der Waals surface area contributed by atoms with E-state index in [1.54, 1.807) is 36.4 Å². The van der Waals surface area contributed by atoms with E-state index in [0.29, 0.717) is 5.56 Å². The van der Waals surface area contributed by atoms with Gasteiger partial charge in [0.1, 0.15) is 0 Å². The van der Waals surface area contributed by atoms with E-state index in [4.69, 9.17) is 5.73 Å². The largest absolute Gasteiger partial charge is 0.366 e. The number of hydrogen-bond acceptors (Lipinski definition) is 2. The first-order chi connectivity index (χ1) is 8.09. The van der Waals surface area contributed by atoms with Crippen molar-refractivity contribution in [1.82, 2.24) is 5.32 Å². The molecule has 0 aliphatic heterocycles. The van der Waals surface area contributed by atoms with Gasteiger partial charge in [0.15, 0.2) is 6.30 Å². The summed E-state index contributed by atoms with van der Waals surface area (Å²) in [6, 6.07) is 6.95. The average molecular weight is 234 g/mol. The van der Waals surface area contributed by atoms with Crippen molar-refractivity contribution in [2.75, 3.05) is 0 Å². The fourth-order valence-corrected chi connectivity index (χ4v) is 1.21. The zero-order valence-electron chi connectivity index (χ0n) is 9.56. The maximum Gasteiger partial charge on any atom is 0.248 e. The second-order valence-electron chi connectivity index (χ2n) is 3.49. The van der Waals surface area contributed by atoms with Crippen molar-refractivity contribution >= 4 is 12.0 Å². The Labute approximate surface area is 99.8 Å². The third-order valence-corrected chi connectivity index (χ3v) is 1.99. The van der Waals surface area contributed by atoms with Crippen molar-refractivity contribution in [3.8, 4) is 0 Å². The van der Waals surface area contributed by atoms with Crippen LogP contribution in [-0.2, 0) is 0 Å². The van der Waals surface area contributed by atoms with E-state index in [2.05, 4.69) is 5.32 Å². The van der Waals surface area contributed by atoms with Crippen LogP contribution >= 0.6 is 0 Å². The van der Waals surface area contributed by atoms with E-state index in [1.807, 2.05) is 6.07 Å². The molecule has 4 heteroatoms. The Morgan fingerprint density at radius 1 is 1.47 bits per heavy atom. The minimum absolute atomic E-state index is 0.455. The fourth-order valence-electron chi connectivity index (χ4n) is 1.21. The molecule has 3 N–H and O–H groups in total. The monoisotopic (exact) mass is 234 g/mol. The van der Waals surface area contributed by atoms with Gasteiger partial charge in [-0.3, -0.25) is 4.79 Å². The van der Waals surface area contributed by atoms with Gasteiger partial charge >= 0.3 is 0 Å². The van der Waals surface area contributed by atoms with Crippen LogP contribution in [0.1, 0.15) is 22.8 Å². The Kier molecular flexibility index (Phi) is 4.94. The van der Waals surface area contributed by atoms with Gasteiger partial charge in [-0.1, -0.05) is 24.3 Å². The zero-order chi connectivity index (χ0) is 12.7. The highest BCUT2D eigenvalue weighted by Gasteiger charge is 1.98. The lowest BCUT2D eigenvalue weighted by atomic mass is 10.1. The molecule has 0 saturated carbocycles. The molecule has 1 aromatic rings. The molecule has 0 aromatic heterocycles. The molecule has 0 bridgehead atoms. The number of allylic oxidation sites excluding steroid dienone is 2. The van der Waals surface area contributed by atoms with E-state index >= 15 is 0 Å². The standard InChI is InChI=1S/C13H15FN2O/c1-10(14)16-8-3-2-5-11-6-4-7-12(9-11)13(15)17/h2-10,16H,1H3,(H2,15,17)/b5-2+,8-3-. The van der Waals surface area contributed by atoms with Gasteiger partial charge in [0, 0.05) is 5.56 Å². The molecular formula is C13H15FN2O. The molecule has 0 saturated heterocycles. The number of halogens is 1. The van der Waals surface area contributed by atoms with E-state index in [-0.39, 0.29) is 0 Å². The topological polar surface area (TPSA) is 55.1 Å². The lowest BCUT2D eigenvalue weighted by molar-refractivity contribution is 0.100. The number of nitrogens with one attached hydrogen (secondary N) is 1.